The van der Waals surface area contributed by atoms with E-state index < -0.39 is 60.1 Å². The molecular formula is C38H38N4O13. The molecule has 3 aromatic carbocycles. The van der Waals surface area contributed by atoms with Gasteiger partial charge in [-0.1, -0.05) is 0 Å². The molecule has 0 bridgehead atoms. The van der Waals surface area contributed by atoms with Gasteiger partial charge in [0.05, 0.1) is 50.1 Å². The number of esters is 2. The number of aromatic carboxylic acids is 3. The minimum atomic E-state index is -1.24. The second kappa shape index (κ2) is 14.7. The molecule has 3 aliphatic rings. The second-order valence-electron chi connectivity index (χ2n) is 13.0. The zero-order valence-corrected chi connectivity index (χ0v) is 31.4. The van der Waals surface area contributed by atoms with Crippen molar-refractivity contribution < 1.29 is 63.2 Å². The first kappa shape index (κ1) is 41.2. The van der Waals surface area contributed by atoms with Crippen LogP contribution in [0.25, 0.3) is 0 Å². The van der Waals surface area contributed by atoms with Crippen LogP contribution in [-0.2, 0) is 4.74 Å². The third-order valence-electron chi connectivity index (χ3n) is 10.3. The topological polar surface area (TPSA) is 282 Å². The van der Waals surface area contributed by atoms with Gasteiger partial charge < -0.3 is 31.5 Å². The standard InChI is InChI=1S/C25H22N2O8.C12H10O5.CH6N2/c1-8-10(3)16-18(12(5)14(8)24(32)33)22(30)26(20(16)28)7-27-21(29)17-11(4)9(2)15(25(34)35)13(6)19(17)23(27)31;1-4-5(2)8-9(12(16)17-11(8)15)6(3)7(4)10(13)14;2-1-3/h7H2,1-6H3,(H,32,33)(H,34,35);1-3H3,(H,13,14);1-3H2. The summed E-state index contributed by atoms with van der Waals surface area (Å²) in [6.45, 7) is 13.4. The lowest BCUT2D eigenvalue weighted by Crippen LogP contribution is -2.44. The van der Waals surface area contributed by atoms with E-state index in [9.17, 15) is 53.4 Å². The Bertz CT molecular complexity index is 2270. The van der Waals surface area contributed by atoms with Gasteiger partial charge in [-0.25, -0.2) is 24.0 Å². The van der Waals surface area contributed by atoms with Crippen LogP contribution in [0, 0.1) is 62.3 Å². The molecule has 3 heterocycles. The number of imide groups is 2. The van der Waals surface area contributed by atoms with Gasteiger partial charge in [0, 0.05) is 6.67 Å². The van der Waals surface area contributed by atoms with Crippen LogP contribution in [0.15, 0.2) is 0 Å². The summed E-state index contributed by atoms with van der Waals surface area (Å²) in [6, 6.07) is 0. The van der Waals surface area contributed by atoms with Gasteiger partial charge in [-0.3, -0.25) is 29.0 Å². The molecule has 4 amide bonds. The van der Waals surface area contributed by atoms with Crippen LogP contribution in [0.2, 0.25) is 0 Å². The molecule has 288 valence electrons. The average molecular weight is 759 g/mol. The fourth-order valence-corrected chi connectivity index (χ4v) is 7.32. The molecule has 0 saturated carbocycles. The van der Waals surface area contributed by atoms with Gasteiger partial charge in [-0.05, 0) is 112 Å². The van der Waals surface area contributed by atoms with Crippen LogP contribution in [0.5, 0.6) is 0 Å². The molecule has 3 aromatic rings. The predicted octanol–water partition coefficient (Wildman–Crippen LogP) is 3.27. The van der Waals surface area contributed by atoms with Gasteiger partial charge in [0.25, 0.3) is 23.6 Å². The number of cyclic esters (lactones) is 2. The predicted molar refractivity (Wildman–Crippen MR) is 192 cm³/mol. The summed E-state index contributed by atoms with van der Waals surface area (Å²) in [6.07, 6.45) is 0. The molecule has 17 heteroatoms. The monoisotopic (exact) mass is 758 g/mol. The van der Waals surface area contributed by atoms with Crippen LogP contribution in [-0.4, -0.2) is 91.9 Å². The lowest BCUT2D eigenvalue weighted by molar-refractivity contribution is 0.0430. The van der Waals surface area contributed by atoms with Gasteiger partial charge in [0.1, 0.15) is 6.67 Å². The van der Waals surface area contributed by atoms with Crippen LogP contribution in [0.3, 0.4) is 0 Å². The third-order valence-corrected chi connectivity index (χ3v) is 10.3. The molecule has 3 aliphatic heterocycles. The number of carboxylic acid groups (broad SMARTS) is 3. The molecule has 0 atom stereocenters. The lowest BCUT2D eigenvalue weighted by Gasteiger charge is -2.21. The molecule has 17 nitrogen and oxygen atoms in total. The van der Waals surface area contributed by atoms with Crippen molar-refractivity contribution in [3.63, 3.8) is 0 Å². The largest absolute Gasteiger partial charge is 0.478 e. The molecule has 0 unspecified atom stereocenters. The summed E-state index contributed by atoms with van der Waals surface area (Å²) < 4.78 is 4.51. The summed E-state index contributed by atoms with van der Waals surface area (Å²) in [4.78, 5) is 112. The lowest BCUT2D eigenvalue weighted by atomic mass is 9.89. The van der Waals surface area contributed by atoms with Gasteiger partial charge in [0.2, 0.25) is 0 Å². The van der Waals surface area contributed by atoms with E-state index in [1.165, 1.54) is 20.8 Å². The number of rotatable bonds is 5. The first-order valence-electron chi connectivity index (χ1n) is 16.5. The maximum absolute atomic E-state index is 13.3. The van der Waals surface area contributed by atoms with Crippen molar-refractivity contribution in [3.8, 4) is 0 Å². The van der Waals surface area contributed by atoms with Crippen LogP contribution in [0.1, 0.15) is 143 Å². The van der Waals surface area contributed by atoms with Crippen molar-refractivity contribution in [1.82, 2.24) is 9.80 Å². The van der Waals surface area contributed by atoms with E-state index in [1.807, 2.05) is 0 Å². The van der Waals surface area contributed by atoms with Crippen LogP contribution in [0.4, 0.5) is 0 Å². The molecule has 55 heavy (non-hydrogen) atoms. The van der Waals surface area contributed by atoms with E-state index in [2.05, 4.69) is 16.2 Å². The summed E-state index contributed by atoms with van der Waals surface area (Å²) >= 11 is 0. The van der Waals surface area contributed by atoms with Gasteiger partial charge in [0.15, 0.2) is 0 Å². The summed E-state index contributed by atoms with van der Waals surface area (Å²) in [7, 11) is 0. The minimum absolute atomic E-state index is 0.0444. The molecule has 7 N–H and O–H groups in total. The molecule has 0 aromatic heterocycles. The molecule has 0 fully saturated rings. The SMILES string of the molecule is Cc1c(C)c2c(c(C)c1C(=O)O)C(=O)N(CN1C(=O)c3c(C)c(C)c(C(=O)O)c(C)c3C1=O)C2=O.Cc1c(C)c2c(c(C)c1C(=O)O)C(=O)OC2=O.NCN. The number of carboxylic acids is 3. The first-order chi connectivity index (χ1) is 25.5. The van der Waals surface area contributed by atoms with E-state index >= 15 is 0 Å². The number of ether oxygens (including phenoxy) is 1. The Balaban J connectivity index is 0.000000280. The van der Waals surface area contributed by atoms with E-state index in [0.29, 0.717) is 33.4 Å². The van der Waals surface area contributed by atoms with Crippen molar-refractivity contribution in [2.75, 3.05) is 13.3 Å². The van der Waals surface area contributed by atoms with Crippen molar-refractivity contribution in [1.29, 1.82) is 0 Å². The maximum Gasteiger partial charge on any atom is 0.347 e. The van der Waals surface area contributed by atoms with Crippen molar-refractivity contribution in [2.24, 2.45) is 11.5 Å². The number of carbonyl (C=O) groups is 9. The highest BCUT2D eigenvalue weighted by molar-refractivity contribution is 6.26. The normalized spacial score (nSPS) is 13.9. The van der Waals surface area contributed by atoms with Crippen molar-refractivity contribution >= 4 is 53.5 Å². The van der Waals surface area contributed by atoms with Gasteiger partial charge >= 0.3 is 29.8 Å². The number of amides is 4. The highest BCUT2D eigenvalue weighted by Crippen LogP contribution is 2.37. The number of nitrogens with zero attached hydrogens (tertiary/aromatic N) is 2. The highest BCUT2D eigenvalue weighted by Gasteiger charge is 2.46. The molecule has 0 radical (unpaired) electrons. The van der Waals surface area contributed by atoms with Gasteiger partial charge in [-0.2, -0.15) is 0 Å². The smallest absolute Gasteiger partial charge is 0.347 e. The summed E-state index contributed by atoms with van der Waals surface area (Å²) in [5.41, 5.74) is 12.3. The Kier molecular flexibility index (Phi) is 11.0. The highest BCUT2D eigenvalue weighted by atomic mass is 16.6. The number of benzene rings is 3. The maximum atomic E-state index is 13.3. The quantitative estimate of drug-likeness (QED) is 0.108. The number of fused-ring (bicyclic) bond motifs is 3. The van der Waals surface area contributed by atoms with Crippen LogP contribution >= 0.6 is 0 Å². The average Bonchev–Trinajstić information content (AvgIpc) is 3.63. The number of carbonyl (C=O) groups excluding carboxylic acids is 6. The zero-order valence-electron chi connectivity index (χ0n) is 31.4. The van der Waals surface area contributed by atoms with E-state index in [1.54, 1.807) is 41.5 Å². The van der Waals surface area contributed by atoms with E-state index in [-0.39, 0.29) is 73.4 Å². The number of nitrogens with two attached hydrogens (primary N) is 2. The van der Waals surface area contributed by atoms with Crippen LogP contribution < -0.4 is 11.5 Å². The summed E-state index contributed by atoms with van der Waals surface area (Å²) in [5.74, 6) is -8.14. The molecule has 0 saturated heterocycles. The fraction of sp³-hybridized carbons (Fsp3) is 0.289. The molecule has 0 aliphatic carbocycles. The molecular weight excluding hydrogens is 720 g/mol. The molecule has 0 spiro atoms. The van der Waals surface area contributed by atoms with E-state index in [4.69, 9.17) is 5.11 Å². The Labute approximate surface area is 313 Å². The Morgan fingerprint density at radius 2 is 0.655 bits per heavy atom. The second-order valence-corrected chi connectivity index (χ2v) is 13.0. The van der Waals surface area contributed by atoms with Crippen molar-refractivity contribution in [3.05, 3.63) is 100 Å². The fourth-order valence-electron chi connectivity index (χ4n) is 7.32. The van der Waals surface area contributed by atoms with Gasteiger partial charge in [-0.15, -0.1) is 0 Å². The first-order valence-corrected chi connectivity index (χ1v) is 16.5. The van der Waals surface area contributed by atoms with Crippen molar-refractivity contribution in [2.45, 2.75) is 62.3 Å². The Hall–Kier alpha value is -6.59. The Morgan fingerprint density at radius 1 is 0.436 bits per heavy atom. The number of hydrogen-bond donors (Lipinski definition) is 5. The summed E-state index contributed by atoms with van der Waals surface area (Å²) in [5, 5.41) is 28.3. The zero-order chi connectivity index (χ0) is 41.9. The van der Waals surface area contributed by atoms with E-state index in [0.717, 1.165) is 9.80 Å². The third kappa shape index (κ3) is 6.22. The molecule has 6 rings (SSSR count). The minimum Gasteiger partial charge on any atom is -0.478 e. The Morgan fingerprint density at radius 3 is 0.927 bits per heavy atom. The number of hydrogen-bond acceptors (Lipinski definition) is 12.